The van der Waals surface area contributed by atoms with Crippen LogP contribution in [0.25, 0.3) is 54.5 Å². The summed E-state index contributed by atoms with van der Waals surface area (Å²) in [5, 5.41) is 7.22. The largest absolute Gasteiger partial charge is 0.305 e. The van der Waals surface area contributed by atoms with Crippen LogP contribution in [0.1, 0.15) is 26.3 Å². The van der Waals surface area contributed by atoms with Crippen LogP contribution in [0.4, 0.5) is 0 Å². The van der Waals surface area contributed by atoms with Crippen LogP contribution in [0.15, 0.2) is 133 Å². The van der Waals surface area contributed by atoms with Gasteiger partial charge in [0.2, 0.25) is 0 Å². The van der Waals surface area contributed by atoms with E-state index in [4.69, 9.17) is 0 Å². The van der Waals surface area contributed by atoms with Gasteiger partial charge in [-0.3, -0.25) is 4.98 Å². The Hall–Kier alpha value is -3.95. The fourth-order valence-corrected chi connectivity index (χ4v) is 5.67. The van der Waals surface area contributed by atoms with Gasteiger partial charge in [-0.15, -0.1) is 41.2 Å². The van der Waals surface area contributed by atoms with Crippen LogP contribution in [-0.2, 0) is 25.5 Å². The molecule has 209 valence electrons. The summed E-state index contributed by atoms with van der Waals surface area (Å²) >= 11 is 1.75. The summed E-state index contributed by atoms with van der Waals surface area (Å²) in [4.78, 5) is 10.2. The molecule has 2 nitrogen and oxygen atoms in total. The SMILES string of the molecule is CC(C)(C)c1ccnc(-c2ccc3ccc4ccccc4c3c2)c1.[Ir].[c-]1ccc(-c2cccs2)cc1-c1ccccn1. The molecule has 0 aliphatic carbocycles. The zero-order valence-corrected chi connectivity index (χ0v) is 27.0. The molecule has 7 rings (SSSR count). The number of fused-ring (bicyclic) bond motifs is 3. The van der Waals surface area contributed by atoms with Crippen LogP contribution in [0.5, 0.6) is 0 Å². The van der Waals surface area contributed by atoms with Gasteiger partial charge < -0.3 is 4.98 Å². The van der Waals surface area contributed by atoms with E-state index in [1.807, 2.05) is 30.5 Å². The van der Waals surface area contributed by atoms with E-state index < -0.39 is 0 Å². The fourth-order valence-electron chi connectivity index (χ4n) is 4.95. The Bertz CT molecular complexity index is 1920. The van der Waals surface area contributed by atoms with Gasteiger partial charge in [-0.1, -0.05) is 93.1 Å². The molecule has 0 saturated carbocycles. The van der Waals surface area contributed by atoms with Crippen molar-refractivity contribution < 1.29 is 20.1 Å². The second kappa shape index (κ2) is 12.9. The van der Waals surface area contributed by atoms with Crippen molar-refractivity contribution in [2.24, 2.45) is 0 Å². The Balaban J connectivity index is 0.000000173. The van der Waals surface area contributed by atoms with Crippen molar-refractivity contribution in [1.29, 1.82) is 0 Å². The molecule has 3 heterocycles. The maximum Gasteiger partial charge on any atom is 0.0705 e. The van der Waals surface area contributed by atoms with Gasteiger partial charge in [0.15, 0.2) is 0 Å². The van der Waals surface area contributed by atoms with Crippen LogP contribution < -0.4 is 0 Å². The second-order valence-electron chi connectivity index (χ2n) is 11.1. The van der Waals surface area contributed by atoms with Gasteiger partial charge in [0.25, 0.3) is 0 Å². The molecule has 0 bridgehead atoms. The molecule has 0 N–H and O–H groups in total. The fraction of sp³-hybridized carbons (Fsp3) is 0.105. The summed E-state index contributed by atoms with van der Waals surface area (Å²) < 4.78 is 0. The maximum atomic E-state index is 4.61. The molecule has 0 amide bonds. The van der Waals surface area contributed by atoms with Crippen LogP contribution >= 0.6 is 11.3 Å². The zero-order valence-electron chi connectivity index (χ0n) is 23.8. The summed E-state index contributed by atoms with van der Waals surface area (Å²) in [7, 11) is 0. The molecule has 0 aliphatic rings. The van der Waals surface area contributed by atoms with Crippen molar-refractivity contribution in [1.82, 2.24) is 9.97 Å². The maximum absolute atomic E-state index is 4.61. The first-order chi connectivity index (χ1) is 20.0. The summed E-state index contributed by atoms with van der Waals surface area (Å²) in [6, 6.07) is 43.4. The molecular formula is C38H31IrN2S-. The van der Waals surface area contributed by atoms with E-state index in [2.05, 4.69) is 133 Å². The summed E-state index contributed by atoms with van der Waals surface area (Å²) in [5.74, 6) is 0. The number of aromatic nitrogens is 2. The third-order valence-corrected chi connectivity index (χ3v) is 8.14. The number of hydrogen-bond acceptors (Lipinski definition) is 3. The molecule has 0 spiro atoms. The topological polar surface area (TPSA) is 25.8 Å². The molecular weight excluding hydrogens is 709 g/mol. The molecule has 4 heteroatoms. The molecule has 0 unspecified atom stereocenters. The van der Waals surface area contributed by atoms with Crippen LogP contribution in [-0.4, -0.2) is 9.97 Å². The quantitative estimate of drug-likeness (QED) is 0.133. The Kier molecular flexibility index (Phi) is 9.09. The number of rotatable bonds is 3. The normalized spacial score (nSPS) is 11.0. The van der Waals surface area contributed by atoms with Gasteiger partial charge in [-0.05, 0) is 73.9 Å². The third kappa shape index (κ3) is 6.58. The minimum atomic E-state index is 0. The van der Waals surface area contributed by atoms with Gasteiger partial charge in [0.05, 0.1) is 5.69 Å². The van der Waals surface area contributed by atoms with E-state index >= 15 is 0 Å². The van der Waals surface area contributed by atoms with Crippen molar-refractivity contribution in [2.45, 2.75) is 26.2 Å². The number of pyridine rings is 2. The standard InChI is InChI=1S/C23H21N.C15H10NS.Ir/c1-23(2,3)19-12-13-24-22(15-19)18-11-10-17-9-8-16-6-4-5-7-20(16)21(17)14-18;1-2-9-16-14(7-1)12-5-3-6-13(11-12)15-8-4-10-17-15;/h4-15H,1-3H3;1-4,6-11H;/q;-1;. The first kappa shape index (κ1) is 29.5. The van der Waals surface area contributed by atoms with Crippen LogP contribution in [0, 0.1) is 6.07 Å². The van der Waals surface area contributed by atoms with Crippen LogP contribution in [0.2, 0.25) is 0 Å². The first-order valence-electron chi connectivity index (χ1n) is 13.8. The monoisotopic (exact) mass is 740 g/mol. The van der Waals surface area contributed by atoms with Gasteiger partial charge in [-0.2, -0.15) is 0 Å². The predicted octanol–water partition coefficient (Wildman–Crippen LogP) is 10.6. The Morgan fingerprint density at radius 3 is 2.14 bits per heavy atom. The third-order valence-electron chi connectivity index (χ3n) is 7.22. The Labute approximate surface area is 265 Å². The molecule has 7 aromatic rings. The smallest absolute Gasteiger partial charge is 0.0705 e. The Morgan fingerprint density at radius 2 is 1.38 bits per heavy atom. The van der Waals surface area contributed by atoms with Crippen molar-refractivity contribution in [3.8, 4) is 33.0 Å². The number of thiophene rings is 1. The average molecular weight is 740 g/mol. The van der Waals surface area contributed by atoms with Crippen molar-refractivity contribution in [2.75, 3.05) is 0 Å². The second-order valence-corrected chi connectivity index (χ2v) is 12.0. The van der Waals surface area contributed by atoms with Crippen molar-refractivity contribution in [3.63, 3.8) is 0 Å². The number of hydrogen-bond donors (Lipinski definition) is 0. The van der Waals surface area contributed by atoms with E-state index in [0.29, 0.717) is 0 Å². The average Bonchev–Trinajstić information content (AvgIpc) is 3.57. The van der Waals surface area contributed by atoms with Crippen molar-refractivity contribution in [3.05, 3.63) is 145 Å². The summed E-state index contributed by atoms with van der Waals surface area (Å²) in [5.41, 5.74) is 6.87. The predicted molar refractivity (Wildman–Crippen MR) is 175 cm³/mol. The number of benzene rings is 4. The zero-order chi connectivity index (χ0) is 28.2. The Morgan fingerprint density at radius 1 is 0.619 bits per heavy atom. The van der Waals surface area contributed by atoms with Gasteiger partial charge in [-0.25, -0.2) is 0 Å². The molecule has 42 heavy (non-hydrogen) atoms. The van der Waals surface area contributed by atoms with E-state index in [0.717, 1.165) is 17.0 Å². The molecule has 1 radical (unpaired) electrons. The first-order valence-corrected chi connectivity index (χ1v) is 14.7. The van der Waals surface area contributed by atoms with Crippen molar-refractivity contribution >= 4 is 32.9 Å². The molecule has 4 aromatic carbocycles. The van der Waals surface area contributed by atoms with Gasteiger partial charge >= 0.3 is 0 Å². The van der Waals surface area contributed by atoms with E-state index in [1.54, 1.807) is 17.5 Å². The molecule has 0 atom stereocenters. The van der Waals surface area contributed by atoms with E-state index in [-0.39, 0.29) is 25.5 Å². The molecule has 0 aliphatic heterocycles. The molecule has 3 aromatic heterocycles. The molecule has 0 fully saturated rings. The summed E-state index contributed by atoms with van der Waals surface area (Å²) in [6.45, 7) is 6.71. The minimum absolute atomic E-state index is 0. The van der Waals surface area contributed by atoms with Gasteiger partial charge in [0.1, 0.15) is 0 Å². The van der Waals surface area contributed by atoms with E-state index in [9.17, 15) is 0 Å². The molecule has 0 saturated heterocycles. The van der Waals surface area contributed by atoms with E-state index in [1.165, 1.54) is 43.1 Å². The number of nitrogens with zero attached hydrogens (tertiary/aromatic N) is 2. The minimum Gasteiger partial charge on any atom is -0.305 e. The van der Waals surface area contributed by atoms with Gasteiger partial charge in [0, 0.05) is 42.9 Å². The van der Waals surface area contributed by atoms with Crippen LogP contribution in [0.3, 0.4) is 0 Å². The summed E-state index contributed by atoms with van der Waals surface area (Å²) in [6.07, 6.45) is 3.73.